The molecule has 2 rings (SSSR count). The number of carbonyl (C=O) groups excluding carboxylic acids is 1. The lowest BCUT2D eigenvalue weighted by atomic mass is 10.0. The molecule has 0 aliphatic rings. The minimum atomic E-state index is -0.203. The summed E-state index contributed by atoms with van der Waals surface area (Å²) in [7, 11) is 4.02. The van der Waals surface area contributed by atoms with Crippen LogP contribution in [0.15, 0.2) is 36.5 Å². The molecule has 6 heteroatoms. The van der Waals surface area contributed by atoms with E-state index in [2.05, 4.69) is 56.7 Å². The summed E-state index contributed by atoms with van der Waals surface area (Å²) in [5, 5.41) is 5.75. The van der Waals surface area contributed by atoms with Gasteiger partial charge in [-0.05, 0) is 39.6 Å². The predicted molar refractivity (Wildman–Crippen MR) is 94.6 cm³/mol. The van der Waals surface area contributed by atoms with Crippen molar-refractivity contribution in [3.8, 4) is 0 Å². The molecule has 2 amide bonds. The molecule has 0 radical (unpaired) electrons. The van der Waals surface area contributed by atoms with Crippen LogP contribution in [0.2, 0.25) is 0 Å². The molecule has 24 heavy (non-hydrogen) atoms. The molecule has 0 saturated carbocycles. The van der Waals surface area contributed by atoms with Gasteiger partial charge in [0.05, 0.1) is 18.3 Å². The van der Waals surface area contributed by atoms with Gasteiger partial charge in [0, 0.05) is 12.7 Å². The zero-order chi connectivity index (χ0) is 17.5. The molecule has 0 aliphatic heterocycles. The molecule has 0 spiro atoms. The first-order chi connectivity index (χ1) is 11.5. The molecule has 0 fully saturated rings. The van der Waals surface area contributed by atoms with Gasteiger partial charge in [-0.25, -0.2) is 14.8 Å². The third kappa shape index (κ3) is 5.31. The molecule has 0 aliphatic carbocycles. The third-order valence-electron chi connectivity index (χ3n) is 3.81. The number of hydrogen-bond acceptors (Lipinski definition) is 4. The van der Waals surface area contributed by atoms with Gasteiger partial charge in [-0.2, -0.15) is 0 Å². The summed E-state index contributed by atoms with van der Waals surface area (Å²) in [6, 6.07) is 10.1. The van der Waals surface area contributed by atoms with E-state index in [4.69, 9.17) is 0 Å². The summed E-state index contributed by atoms with van der Waals surface area (Å²) in [5.41, 5.74) is 3.19. The SMILES string of the molecule is Cc1ccc([C@H](CNC(=O)NCc2ccnc(C)n2)N(C)C)cc1. The number of aryl methyl sites for hydroxylation is 2. The number of urea groups is 1. The highest BCUT2D eigenvalue weighted by molar-refractivity contribution is 5.73. The largest absolute Gasteiger partial charge is 0.336 e. The monoisotopic (exact) mass is 327 g/mol. The zero-order valence-electron chi connectivity index (χ0n) is 14.7. The fourth-order valence-electron chi connectivity index (χ4n) is 2.41. The van der Waals surface area contributed by atoms with Gasteiger partial charge in [-0.1, -0.05) is 29.8 Å². The van der Waals surface area contributed by atoms with Crippen molar-refractivity contribution in [2.45, 2.75) is 26.4 Å². The van der Waals surface area contributed by atoms with Crippen molar-refractivity contribution in [1.82, 2.24) is 25.5 Å². The number of likely N-dealkylation sites (N-methyl/N-ethyl adjacent to an activating group) is 1. The van der Waals surface area contributed by atoms with Gasteiger partial charge in [0.2, 0.25) is 0 Å². The van der Waals surface area contributed by atoms with Gasteiger partial charge < -0.3 is 15.5 Å². The Labute approximate surface area is 143 Å². The summed E-state index contributed by atoms with van der Waals surface area (Å²) in [6.07, 6.45) is 1.69. The fourth-order valence-corrected chi connectivity index (χ4v) is 2.41. The van der Waals surface area contributed by atoms with Crippen LogP contribution in [0.3, 0.4) is 0 Å². The molecular formula is C18H25N5O. The van der Waals surface area contributed by atoms with E-state index in [1.54, 1.807) is 12.3 Å². The third-order valence-corrected chi connectivity index (χ3v) is 3.81. The summed E-state index contributed by atoms with van der Waals surface area (Å²) in [6.45, 7) is 4.80. The number of rotatable bonds is 6. The molecule has 128 valence electrons. The van der Waals surface area contributed by atoms with Crippen LogP contribution in [0.4, 0.5) is 4.79 Å². The average molecular weight is 327 g/mol. The first-order valence-electron chi connectivity index (χ1n) is 7.99. The van der Waals surface area contributed by atoms with E-state index in [0.717, 1.165) is 5.69 Å². The lowest BCUT2D eigenvalue weighted by Gasteiger charge is -2.25. The maximum atomic E-state index is 12.0. The molecule has 2 aromatic rings. The molecular weight excluding hydrogens is 302 g/mol. The molecule has 1 heterocycles. The Morgan fingerprint density at radius 3 is 2.46 bits per heavy atom. The Balaban J connectivity index is 1.87. The molecule has 6 nitrogen and oxygen atoms in total. The van der Waals surface area contributed by atoms with Crippen LogP contribution in [0, 0.1) is 13.8 Å². The van der Waals surface area contributed by atoms with Gasteiger partial charge >= 0.3 is 6.03 Å². The van der Waals surface area contributed by atoms with Gasteiger partial charge in [0.15, 0.2) is 0 Å². The number of aromatic nitrogens is 2. The van der Waals surface area contributed by atoms with Crippen molar-refractivity contribution in [3.05, 3.63) is 59.2 Å². The predicted octanol–water partition coefficient (Wildman–Crippen LogP) is 2.20. The second-order valence-corrected chi connectivity index (χ2v) is 6.05. The highest BCUT2D eigenvalue weighted by Crippen LogP contribution is 2.17. The first-order valence-corrected chi connectivity index (χ1v) is 7.99. The normalized spacial score (nSPS) is 12.0. The van der Waals surface area contributed by atoms with Gasteiger partial charge in [0.1, 0.15) is 5.82 Å². The van der Waals surface area contributed by atoms with Crippen molar-refractivity contribution in [3.63, 3.8) is 0 Å². The molecule has 1 aromatic heterocycles. The van der Waals surface area contributed by atoms with Crippen molar-refractivity contribution >= 4 is 6.03 Å². The molecule has 0 bridgehead atoms. The summed E-state index contributed by atoms with van der Waals surface area (Å²) in [5.74, 6) is 0.696. The molecule has 0 saturated heterocycles. The Bertz CT molecular complexity index is 669. The number of amides is 2. The van der Waals surface area contributed by atoms with Gasteiger partial charge in [0.25, 0.3) is 0 Å². The number of nitrogens with zero attached hydrogens (tertiary/aromatic N) is 3. The standard InChI is InChI=1S/C18H25N5O/c1-13-5-7-15(8-6-13)17(23(3)4)12-21-18(24)20-11-16-9-10-19-14(2)22-16/h5-10,17H,11-12H2,1-4H3,(H2,20,21,24)/t17-/m0/s1. The molecule has 2 N–H and O–H groups in total. The minimum Gasteiger partial charge on any atom is -0.336 e. The fraction of sp³-hybridized carbons (Fsp3) is 0.389. The van der Waals surface area contributed by atoms with Gasteiger partial charge in [-0.3, -0.25) is 0 Å². The van der Waals surface area contributed by atoms with Crippen molar-refractivity contribution < 1.29 is 4.79 Å². The lowest BCUT2D eigenvalue weighted by molar-refractivity contribution is 0.232. The summed E-state index contributed by atoms with van der Waals surface area (Å²) < 4.78 is 0. The van der Waals surface area contributed by atoms with Crippen LogP contribution < -0.4 is 10.6 Å². The van der Waals surface area contributed by atoms with Crippen LogP contribution in [-0.4, -0.2) is 41.5 Å². The van der Waals surface area contributed by atoms with E-state index in [0.29, 0.717) is 18.9 Å². The van der Waals surface area contributed by atoms with Gasteiger partial charge in [-0.15, -0.1) is 0 Å². The Morgan fingerprint density at radius 1 is 1.12 bits per heavy atom. The van der Waals surface area contributed by atoms with E-state index in [1.807, 2.05) is 21.0 Å². The van der Waals surface area contributed by atoms with Crippen molar-refractivity contribution in [1.29, 1.82) is 0 Å². The Morgan fingerprint density at radius 2 is 1.83 bits per heavy atom. The second-order valence-electron chi connectivity index (χ2n) is 6.05. The zero-order valence-corrected chi connectivity index (χ0v) is 14.7. The maximum absolute atomic E-state index is 12.0. The number of benzene rings is 1. The minimum absolute atomic E-state index is 0.123. The van der Waals surface area contributed by atoms with Crippen LogP contribution in [0.25, 0.3) is 0 Å². The molecule has 1 aromatic carbocycles. The number of hydrogen-bond donors (Lipinski definition) is 2. The average Bonchev–Trinajstić information content (AvgIpc) is 2.54. The van der Waals surface area contributed by atoms with E-state index in [9.17, 15) is 4.79 Å². The second kappa shape index (κ2) is 8.40. The van der Waals surface area contributed by atoms with Crippen LogP contribution in [0.1, 0.15) is 28.7 Å². The number of carbonyl (C=O) groups is 1. The number of nitrogens with one attached hydrogen (secondary N) is 2. The Hall–Kier alpha value is -2.47. The molecule has 0 unspecified atom stereocenters. The molecule has 1 atom stereocenters. The van der Waals surface area contributed by atoms with Crippen LogP contribution >= 0.6 is 0 Å². The van der Waals surface area contributed by atoms with Crippen LogP contribution in [-0.2, 0) is 6.54 Å². The highest BCUT2D eigenvalue weighted by Gasteiger charge is 2.15. The first kappa shape index (κ1) is 17.9. The van der Waals surface area contributed by atoms with E-state index in [-0.39, 0.29) is 12.1 Å². The van der Waals surface area contributed by atoms with Crippen LogP contribution in [0.5, 0.6) is 0 Å². The van der Waals surface area contributed by atoms with Crippen molar-refractivity contribution in [2.75, 3.05) is 20.6 Å². The van der Waals surface area contributed by atoms with E-state index >= 15 is 0 Å². The van der Waals surface area contributed by atoms with Crippen molar-refractivity contribution in [2.24, 2.45) is 0 Å². The Kier molecular flexibility index (Phi) is 6.26. The smallest absolute Gasteiger partial charge is 0.315 e. The highest BCUT2D eigenvalue weighted by atomic mass is 16.2. The van der Waals surface area contributed by atoms with E-state index in [1.165, 1.54) is 11.1 Å². The topological polar surface area (TPSA) is 70.1 Å². The summed E-state index contributed by atoms with van der Waals surface area (Å²) in [4.78, 5) is 22.4. The van der Waals surface area contributed by atoms with E-state index < -0.39 is 0 Å². The maximum Gasteiger partial charge on any atom is 0.315 e. The quantitative estimate of drug-likeness (QED) is 0.853. The lowest BCUT2D eigenvalue weighted by Crippen LogP contribution is -2.40. The summed E-state index contributed by atoms with van der Waals surface area (Å²) >= 11 is 0.